The summed E-state index contributed by atoms with van der Waals surface area (Å²) >= 11 is 3.35. The summed E-state index contributed by atoms with van der Waals surface area (Å²) in [5, 5.41) is 8.10. The number of alkyl halides is 1. The molecule has 0 saturated heterocycles. The smallest absolute Gasteiger partial charge is 0.138 e. The molecule has 0 unspecified atom stereocenters. The predicted molar refractivity (Wildman–Crippen MR) is 55.7 cm³/mol. The molecule has 0 aromatic carbocycles. The van der Waals surface area contributed by atoms with E-state index in [9.17, 15) is 0 Å². The van der Waals surface area contributed by atoms with Crippen LogP contribution in [0.25, 0.3) is 11.4 Å². The molecule has 2 heterocycles. The summed E-state index contributed by atoms with van der Waals surface area (Å²) in [7, 11) is 0. The third-order valence-corrected chi connectivity index (χ3v) is 2.28. The van der Waals surface area contributed by atoms with Gasteiger partial charge >= 0.3 is 0 Å². The van der Waals surface area contributed by atoms with Gasteiger partial charge in [0.2, 0.25) is 0 Å². The average molecular weight is 251 g/mol. The molecule has 0 aliphatic rings. The highest BCUT2D eigenvalue weighted by molar-refractivity contribution is 9.08. The fourth-order valence-electron chi connectivity index (χ4n) is 1.07. The lowest BCUT2D eigenvalue weighted by atomic mass is 10.2. The second kappa shape index (κ2) is 4.23. The summed E-state index contributed by atoms with van der Waals surface area (Å²) in [6.45, 7) is 0. The van der Waals surface area contributed by atoms with E-state index in [0.29, 0.717) is 0 Å². The summed E-state index contributed by atoms with van der Waals surface area (Å²) in [6, 6.07) is 5.80. The van der Waals surface area contributed by atoms with E-state index in [1.807, 2.05) is 18.2 Å². The van der Waals surface area contributed by atoms with Crippen molar-refractivity contribution < 1.29 is 0 Å². The number of hydrogen-bond acceptors (Lipinski definition) is 4. The quantitative estimate of drug-likeness (QED) is 0.764. The van der Waals surface area contributed by atoms with Gasteiger partial charge in [0.15, 0.2) is 0 Å². The fourth-order valence-corrected chi connectivity index (χ4v) is 1.38. The summed E-state index contributed by atoms with van der Waals surface area (Å²) in [5.74, 6) is 0. The first-order valence-corrected chi connectivity index (χ1v) is 5.17. The number of aromatic nitrogens is 4. The van der Waals surface area contributed by atoms with Gasteiger partial charge < -0.3 is 0 Å². The second-order valence-electron chi connectivity index (χ2n) is 2.64. The predicted octanol–water partition coefficient (Wildman–Crippen LogP) is 1.83. The lowest BCUT2D eigenvalue weighted by Crippen LogP contribution is -1.92. The Hall–Kier alpha value is -1.36. The Kier molecular flexibility index (Phi) is 2.78. The highest BCUT2D eigenvalue weighted by Crippen LogP contribution is 2.13. The van der Waals surface area contributed by atoms with E-state index in [0.717, 1.165) is 22.4 Å². The SMILES string of the molecule is BrCc1cccc(-c2cnncn2)n1. The van der Waals surface area contributed by atoms with Crippen molar-refractivity contribution in [2.75, 3.05) is 0 Å². The van der Waals surface area contributed by atoms with Gasteiger partial charge in [-0.3, -0.25) is 4.98 Å². The fraction of sp³-hybridized carbons (Fsp3) is 0.111. The molecular weight excluding hydrogens is 244 g/mol. The normalized spacial score (nSPS) is 10.1. The monoisotopic (exact) mass is 250 g/mol. The molecule has 0 saturated carbocycles. The molecule has 2 rings (SSSR count). The number of nitrogens with zero attached hydrogens (tertiary/aromatic N) is 4. The van der Waals surface area contributed by atoms with Crippen LogP contribution in [-0.4, -0.2) is 20.2 Å². The maximum atomic E-state index is 4.38. The topological polar surface area (TPSA) is 51.6 Å². The Bertz CT molecular complexity index is 418. The number of hydrogen-bond donors (Lipinski definition) is 0. The minimum Gasteiger partial charge on any atom is -0.250 e. The highest BCUT2D eigenvalue weighted by atomic mass is 79.9. The molecule has 14 heavy (non-hydrogen) atoms. The molecular formula is C9H7BrN4. The molecule has 0 fully saturated rings. The molecule has 0 spiro atoms. The highest BCUT2D eigenvalue weighted by Gasteiger charge is 2.01. The largest absolute Gasteiger partial charge is 0.250 e. The van der Waals surface area contributed by atoms with Gasteiger partial charge in [0.25, 0.3) is 0 Å². The van der Waals surface area contributed by atoms with Crippen molar-refractivity contribution in [3.8, 4) is 11.4 Å². The van der Waals surface area contributed by atoms with Gasteiger partial charge in [-0.1, -0.05) is 22.0 Å². The molecule has 2 aromatic heterocycles. The molecule has 0 aliphatic carbocycles. The first-order valence-electron chi connectivity index (χ1n) is 4.05. The van der Waals surface area contributed by atoms with Gasteiger partial charge in [0.05, 0.1) is 17.6 Å². The maximum absolute atomic E-state index is 4.38. The van der Waals surface area contributed by atoms with Crippen LogP contribution in [0.4, 0.5) is 0 Å². The van der Waals surface area contributed by atoms with E-state index in [4.69, 9.17) is 0 Å². The molecule has 0 atom stereocenters. The van der Waals surface area contributed by atoms with Gasteiger partial charge in [-0.05, 0) is 12.1 Å². The van der Waals surface area contributed by atoms with Crippen LogP contribution in [0.2, 0.25) is 0 Å². The van der Waals surface area contributed by atoms with E-state index >= 15 is 0 Å². The van der Waals surface area contributed by atoms with Crippen LogP contribution >= 0.6 is 15.9 Å². The molecule has 0 bridgehead atoms. The molecule has 4 nitrogen and oxygen atoms in total. The number of halogens is 1. The van der Waals surface area contributed by atoms with Gasteiger partial charge in [0, 0.05) is 5.33 Å². The van der Waals surface area contributed by atoms with E-state index in [1.165, 1.54) is 6.33 Å². The molecule has 0 aliphatic heterocycles. The Morgan fingerprint density at radius 3 is 2.79 bits per heavy atom. The van der Waals surface area contributed by atoms with Crippen LogP contribution in [0, 0.1) is 0 Å². The minimum atomic E-state index is 0.735. The van der Waals surface area contributed by atoms with Crippen LogP contribution in [0.15, 0.2) is 30.7 Å². The van der Waals surface area contributed by atoms with Crippen LogP contribution in [-0.2, 0) is 5.33 Å². The van der Waals surface area contributed by atoms with Crippen molar-refractivity contribution in [3.05, 3.63) is 36.4 Å². The Morgan fingerprint density at radius 2 is 2.07 bits per heavy atom. The summed E-state index contributed by atoms with van der Waals surface area (Å²) < 4.78 is 0. The Morgan fingerprint density at radius 1 is 1.14 bits per heavy atom. The Balaban J connectivity index is 2.42. The minimum absolute atomic E-state index is 0.735. The van der Waals surface area contributed by atoms with Gasteiger partial charge in [-0.25, -0.2) is 4.98 Å². The van der Waals surface area contributed by atoms with E-state index < -0.39 is 0 Å². The third-order valence-electron chi connectivity index (χ3n) is 1.70. The summed E-state index contributed by atoms with van der Waals surface area (Å²) in [4.78, 5) is 8.46. The van der Waals surface area contributed by atoms with Crippen LogP contribution in [0.3, 0.4) is 0 Å². The van der Waals surface area contributed by atoms with Crippen LogP contribution in [0.1, 0.15) is 5.69 Å². The van der Waals surface area contributed by atoms with Crippen molar-refractivity contribution in [2.45, 2.75) is 5.33 Å². The standard InChI is InChI=1S/C9H7BrN4/c10-4-7-2-1-3-8(14-7)9-5-12-13-6-11-9/h1-3,5-6H,4H2. The number of rotatable bonds is 2. The first kappa shape index (κ1) is 9.21. The molecule has 70 valence electrons. The third kappa shape index (κ3) is 1.93. The van der Waals surface area contributed by atoms with Gasteiger partial charge in [-0.15, -0.1) is 5.10 Å². The average Bonchev–Trinajstić information content (AvgIpc) is 2.30. The zero-order valence-electron chi connectivity index (χ0n) is 7.26. The first-order chi connectivity index (χ1) is 6.90. The summed E-state index contributed by atoms with van der Waals surface area (Å²) in [5.41, 5.74) is 2.53. The van der Waals surface area contributed by atoms with Gasteiger partial charge in [-0.2, -0.15) is 5.10 Å². The molecule has 0 radical (unpaired) electrons. The van der Waals surface area contributed by atoms with Crippen molar-refractivity contribution >= 4 is 15.9 Å². The van der Waals surface area contributed by atoms with E-state index in [1.54, 1.807) is 6.20 Å². The lowest BCUT2D eigenvalue weighted by Gasteiger charge is -1.99. The van der Waals surface area contributed by atoms with Crippen LogP contribution in [0.5, 0.6) is 0 Å². The van der Waals surface area contributed by atoms with Gasteiger partial charge in [0.1, 0.15) is 12.0 Å². The van der Waals surface area contributed by atoms with Crippen molar-refractivity contribution in [3.63, 3.8) is 0 Å². The zero-order chi connectivity index (χ0) is 9.80. The molecule has 5 heteroatoms. The molecule has 0 N–H and O–H groups in total. The number of pyridine rings is 1. The van der Waals surface area contributed by atoms with E-state index in [2.05, 4.69) is 36.1 Å². The van der Waals surface area contributed by atoms with Crippen LogP contribution < -0.4 is 0 Å². The van der Waals surface area contributed by atoms with Crippen molar-refractivity contribution in [1.29, 1.82) is 0 Å². The van der Waals surface area contributed by atoms with Crippen molar-refractivity contribution in [1.82, 2.24) is 20.2 Å². The molecule has 2 aromatic rings. The summed E-state index contributed by atoms with van der Waals surface area (Å²) in [6.07, 6.45) is 3.01. The van der Waals surface area contributed by atoms with E-state index in [-0.39, 0.29) is 0 Å². The molecule has 0 amide bonds. The Labute approximate surface area is 89.6 Å². The van der Waals surface area contributed by atoms with Crippen molar-refractivity contribution in [2.24, 2.45) is 0 Å². The zero-order valence-corrected chi connectivity index (χ0v) is 8.85. The lowest BCUT2D eigenvalue weighted by molar-refractivity contribution is 0.968. The second-order valence-corrected chi connectivity index (χ2v) is 3.20. The maximum Gasteiger partial charge on any atom is 0.138 e.